The summed E-state index contributed by atoms with van der Waals surface area (Å²) in [5.74, 6) is 0.501. The van der Waals surface area contributed by atoms with Gasteiger partial charge in [-0.05, 0) is 34.4 Å². The lowest BCUT2D eigenvalue weighted by Gasteiger charge is -2.37. The zero-order valence-corrected chi connectivity index (χ0v) is 16.7. The van der Waals surface area contributed by atoms with Crippen molar-refractivity contribution >= 4 is 0 Å². The Hall–Kier alpha value is -1.06. The highest BCUT2D eigenvalue weighted by atomic mass is 16.3. The smallest absolute Gasteiger partial charge is 0.124 e. The number of hydrogen-bond donors (Lipinski definition) is 2. The van der Waals surface area contributed by atoms with Gasteiger partial charge in [-0.3, -0.25) is 4.90 Å². The highest BCUT2D eigenvalue weighted by molar-refractivity contribution is 5.50. The molecule has 2 rings (SSSR count). The Morgan fingerprint density at radius 1 is 1.04 bits per heavy atom. The fourth-order valence-corrected chi connectivity index (χ4v) is 3.58. The highest BCUT2D eigenvalue weighted by Crippen LogP contribution is 2.42. The van der Waals surface area contributed by atoms with Crippen LogP contribution in [-0.2, 0) is 10.8 Å². The summed E-state index contributed by atoms with van der Waals surface area (Å²) >= 11 is 0. The first-order valence-electron chi connectivity index (χ1n) is 9.38. The minimum absolute atomic E-state index is 0.0676. The van der Waals surface area contributed by atoms with E-state index in [-0.39, 0.29) is 16.9 Å². The predicted octanol–water partition coefficient (Wildman–Crippen LogP) is 4.34. The molecular formula is C21H36N2O. The number of benzene rings is 1. The Morgan fingerprint density at radius 2 is 1.62 bits per heavy atom. The van der Waals surface area contributed by atoms with E-state index in [1.165, 1.54) is 5.56 Å². The molecule has 1 aliphatic heterocycles. The van der Waals surface area contributed by atoms with Crippen LogP contribution < -0.4 is 5.32 Å². The molecule has 1 fully saturated rings. The van der Waals surface area contributed by atoms with E-state index in [9.17, 15) is 5.11 Å². The van der Waals surface area contributed by atoms with E-state index in [1.54, 1.807) is 0 Å². The summed E-state index contributed by atoms with van der Waals surface area (Å²) in [5, 5.41) is 14.5. The molecule has 136 valence electrons. The molecule has 1 saturated heterocycles. The van der Waals surface area contributed by atoms with Crippen molar-refractivity contribution in [1.82, 2.24) is 10.2 Å². The number of phenolic OH excluding ortho intramolecular Hbond substituents is 1. The van der Waals surface area contributed by atoms with Gasteiger partial charge in [-0.1, -0.05) is 54.5 Å². The molecule has 24 heavy (non-hydrogen) atoms. The van der Waals surface area contributed by atoms with E-state index < -0.39 is 0 Å². The highest BCUT2D eigenvalue weighted by Gasteiger charge is 2.29. The third kappa shape index (κ3) is 4.12. The molecule has 1 aromatic rings. The van der Waals surface area contributed by atoms with Crippen LogP contribution in [0.4, 0.5) is 0 Å². The number of aromatic hydroxyl groups is 1. The van der Waals surface area contributed by atoms with Gasteiger partial charge in [-0.2, -0.15) is 0 Å². The van der Waals surface area contributed by atoms with Crippen LogP contribution in [0.5, 0.6) is 5.75 Å². The van der Waals surface area contributed by atoms with Crippen molar-refractivity contribution in [3.05, 3.63) is 28.8 Å². The summed E-state index contributed by atoms with van der Waals surface area (Å²) in [5.41, 5.74) is 3.50. The Balaban J connectivity index is 2.57. The van der Waals surface area contributed by atoms with E-state index in [0.29, 0.717) is 5.75 Å². The Morgan fingerprint density at radius 3 is 2.08 bits per heavy atom. The maximum atomic E-state index is 11.1. The second-order valence-corrected chi connectivity index (χ2v) is 9.17. The lowest BCUT2D eigenvalue weighted by molar-refractivity contribution is 0.166. The molecule has 0 saturated carbocycles. The van der Waals surface area contributed by atoms with Gasteiger partial charge < -0.3 is 10.4 Å². The molecule has 0 unspecified atom stereocenters. The first kappa shape index (κ1) is 19.3. The van der Waals surface area contributed by atoms with Gasteiger partial charge in [-0.25, -0.2) is 0 Å². The minimum Gasteiger partial charge on any atom is -0.507 e. The van der Waals surface area contributed by atoms with E-state index in [4.69, 9.17) is 0 Å². The fraction of sp³-hybridized carbons (Fsp3) is 0.714. The molecule has 1 aliphatic rings. The monoisotopic (exact) mass is 332 g/mol. The molecule has 1 heterocycles. The Bertz CT molecular complexity index is 560. The third-order valence-corrected chi connectivity index (χ3v) is 5.15. The average Bonchev–Trinajstić information content (AvgIpc) is 2.48. The van der Waals surface area contributed by atoms with Crippen LogP contribution in [0.15, 0.2) is 12.1 Å². The van der Waals surface area contributed by atoms with Crippen molar-refractivity contribution in [3.8, 4) is 5.75 Å². The standard InChI is InChI=1S/C21H36N2O/c1-8-18(23-11-9-22-10-12-23)16-13-15(20(2,3)4)14-17(19(16)24)21(5,6)7/h13-14,18,22,24H,8-12H2,1-7H3/t18-/m0/s1. The van der Waals surface area contributed by atoms with Gasteiger partial charge in [0.15, 0.2) is 0 Å². The number of piperazine rings is 1. The second kappa shape index (κ2) is 7.05. The summed E-state index contributed by atoms with van der Waals surface area (Å²) < 4.78 is 0. The van der Waals surface area contributed by atoms with Crippen LogP contribution >= 0.6 is 0 Å². The van der Waals surface area contributed by atoms with Crippen LogP contribution in [-0.4, -0.2) is 36.2 Å². The summed E-state index contributed by atoms with van der Waals surface area (Å²) in [6, 6.07) is 4.75. The van der Waals surface area contributed by atoms with Crippen LogP contribution in [0.3, 0.4) is 0 Å². The van der Waals surface area contributed by atoms with Gasteiger partial charge in [0.2, 0.25) is 0 Å². The van der Waals surface area contributed by atoms with E-state index in [1.807, 2.05) is 0 Å². The minimum atomic E-state index is -0.0676. The molecule has 0 amide bonds. The van der Waals surface area contributed by atoms with Crippen molar-refractivity contribution in [2.45, 2.75) is 71.8 Å². The first-order valence-corrected chi connectivity index (χ1v) is 9.38. The lowest BCUT2D eigenvalue weighted by Crippen LogP contribution is -2.45. The molecule has 0 spiro atoms. The topological polar surface area (TPSA) is 35.5 Å². The SMILES string of the molecule is CC[C@@H](c1cc(C(C)(C)C)cc(C(C)(C)C)c1O)N1CCNCC1. The second-order valence-electron chi connectivity index (χ2n) is 9.17. The summed E-state index contributed by atoms with van der Waals surface area (Å²) in [6.45, 7) is 19.7. The summed E-state index contributed by atoms with van der Waals surface area (Å²) in [6.07, 6.45) is 1.02. The van der Waals surface area contributed by atoms with Gasteiger partial charge in [0, 0.05) is 37.8 Å². The van der Waals surface area contributed by atoms with Gasteiger partial charge >= 0.3 is 0 Å². The van der Waals surface area contributed by atoms with Crippen LogP contribution in [0.25, 0.3) is 0 Å². The number of phenols is 1. The first-order chi connectivity index (χ1) is 11.1. The van der Waals surface area contributed by atoms with E-state index >= 15 is 0 Å². The third-order valence-electron chi connectivity index (χ3n) is 5.15. The molecule has 2 N–H and O–H groups in total. The van der Waals surface area contributed by atoms with Crippen molar-refractivity contribution in [2.24, 2.45) is 0 Å². The predicted molar refractivity (Wildman–Crippen MR) is 103 cm³/mol. The summed E-state index contributed by atoms with van der Waals surface area (Å²) in [7, 11) is 0. The van der Waals surface area contributed by atoms with Crippen molar-refractivity contribution < 1.29 is 5.11 Å². The number of rotatable bonds is 3. The largest absolute Gasteiger partial charge is 0.507 e. The zero-order valence-electron chi connectivity index (χ0n) is 16.7. The van der Waals surface area contributed by atoms with Crippen molar-refractivity contribution in [2.75, 3.05) is 26.2 Å². The van der Waals surface area contributed by atoms with Crippen molar-refractivity contribution in [3.63, 3.8) is 0 Å². The molecule has 3 nitrogen and oxygen atoms in total. The molecule has 3 heteroatoms. The number of hydrogen-bond acceptors (Lipinski definition) is 3. The molecule has 1 atom stereocenters. The molecule has 0 aromatic heterocycles. The van der Waals surface area contributed by atoms with E-state index in [2.05, 4.69) is 70.8 Å². The van der Waals surface area contributed by atoms with Crippen LogP contribution in [0.1, 0.15) is 77.6 Å². The number of nitrogens with zero attached hydrogens (tertiary/aromatic N) is 1. The normalized spacial score (nSPS) is 18.6. The van der Waals surface area contributed by atoms with E-state index in [0.717, 1.165) is 43.7 Å². The fourth-order valence-electron chi connectivity index (χ4n) is 3.58. The van der Waals surface area contributed by atoms with Gasteiger partial charge in [0.1, 0.15) is 5.75 Å². The number of nitrogens with one attached hydrogen (secondary N) is 1. The molecule has 0 aliphatic carbocycles. The molecule has 0 radical (unpaired) electrons. The Labute approximate surface area is 148 Å². The Kier molecular flexibility index (Phi) is 5.66. The molecule has 0 bridgehead atoms. The maximum absolute atomic E-state index is 11.1. The molecular weight excluding hydrogens is 296 g/mol. The van der Waals surface area contributed by atoms with Gasteiger partial charge in [0.05, 0.1) is 0 Å². The zero-order chi connectivity index (χ0) is 18.1. The summed E-state index contributed by atoms with van der Waals surface area (Å²) in [4.78, 5) is 2.52. The average molecular weight is 333 g/mol. The van der Waals surface area contributed by atoms with Crippen LogP contribution in [0, 0.1) is 0 Å². The van der Waals surface area contributed by atoms with Crippen LogP contribution in [0.2, 0.25) is 0 Å². The van der Waals surface area contributed by atoms with Gasteiger partial charge in [0.25, 0.3) is 0 Å². The maximum Gasteiger partial charge on any atom is 0.124 e. The quantitative estimate of drug-likeness (QED) is 0.864. The van der Waals surface area contributed by atoms with Crippen molar-refractivity contribution in [1.29, 1.82) is 0 Å². The van der Waals surface area contributed by atoms with Gasteiger partial charge in [-0.15, -0.1) is 0 Å². The lowest BCUT2D eigenvalue weighted by atomic mass is 9.77. The molecule has 1 aromatic carbocycles.